The lowest BCUT2D eigenvalue weighted by Crippen LogP contribution is -2.28. The summed E-state index contributed by atoms with van der Waals surface area (Å²) in [4.78, 5) is 11.5. The highest BCUT2D eigenvalue weighted by Crippen LogP contribution is 2.28. The molecule has 1 aliphatic heterocycles. The van der Waals surface area contributed by atoms with E-state index in [0.29, 0.717) is 0 Å². The molecule has 1 aliphatic rings. The fourth-order valence-electron chi connectivity index (χ4n) is 1.56. The van der Waals surface area contributed by atoms with E-state index in [1.165, 1.54) is 0 Å². The highest BCUT2D eigenvalue weighted by molar-refractivity contribution is 5.92. The minimum atomic E-state index is -0.600. The van der Waals surface area contributed by atoms with E-state index in [1.54, 1.807) is 19.3 Å². The molecule has 1 atom stereocenters. The van der Waals surface area contributed by atoms with Crippen LogP contribution in [0.2, 0.25) is 0 Å². The highest BCUT2D eigenvalue weighted by Gasteiger charge is 2.28. The summed E-state index contributed by atoms with van der Waals surface area (Å²) in [5.41, 5.74) is 0.560. The number of allylic oxidation sites excluding steroid dienone is 1. The van der Waals surface area contributed by atoms with Crippen molar-refractivity contribution in [2.24, 2.45) is 0 Å². The van der Waals surface area contributed by atoms with Gasteiger partial charge in [0.1, 0.15) is 17.2 Å². The van der Waals surface area contributed by atoms with E-state index in [4.69, 9.17) is 14.7 Å². The first-order valence-electron chi connectivity index (χ1n) is 5.64. The first kappa shape index (κ1) is 13.3. The zero-order valence-corrected chi connectivity index (χ0v) is 10.4. The highest BCUT2D eigenvalue weighted by atomic mass is 16.5. The average Bonchev–Trinajstić information content (AvgIpc) is 2.31. The maximum absolute atomic E-state index is 11.5. The normalized spacial score (nSPS) is 24.4. The number of carbonyl (C=O) groups is 1. The zero-order chi connectivity index (χ0) is 12.9. The van der Waals surface area contributed by atoms with Crippen LogP contribution in [0.15, 0.2) is 23.5 Å². The third kappa shape index (κ3) is 3.63. The van der Waals surface area contributed by atoms with Crippen LogP contribution in [0.5, 0.6) is 0 Å². The lowest BCUT2D eigenvalue weighted by Gasteiger charge is -2.30. The Labute approximate surface area is 102 Å². The Hall–Kier alpha value is -1.76. The molecule has 1 rings (SSSR count). The molecule has 0 saturated heterocycles. The van der Waals surface area contributed by atoms with E-state index < -0.39 is 11.6 Å². The van der Waals surface area contributed by atoms with Gasteiger partial charge in [0.15, 0.2) is 0 Å². The summed E-state index contributed by atoms with van der Waals surface area (Å²) in [5, 5.41) is 8.93. The molecular weight excluding hydrogens is 218 g/mol. The number of nitrogens with zero attached hydrogens (tertiary/aromatic N) is 1. The number of hydrogen-bond donors (Lipinski definition) is 0. The zero-order valence-electron chi connectivity index (χ0n) is 10.4. The minimum absolute atomic E-state index is 0.00213. The third-order valence-electron chi connectivity index (χ3n) is 2.61. The predicted molar refractivity (Wildman–Crippen MR) is 62.8 cm³/mol. The van der Waals surface area contributed by atoms with Crippen LogP contribution in [0.25, 0.3) is 0 Å². The van der Waals surface area contributed by atoms with Crippen molar-refractivity contribution in [2.45, 2.75) is 39.2 Å². The van der Waals surface area contributed by atoms with Crippen molar-refractivity contribution in [3.05, 3.63) is 23.5 Å². The van der Waals surface area contributed by atoms with Crippen molar-refractivity contribution in [1.29, 1.82) is 5.26 Å². The summed E-state index contributed by atoms with van der Waals surface area (Å²) < 4.78 is 10.3. The molecule has 4 nitrogen and oxygen atoms in total. The Bertz CT molecular complexity index is 403. The number of rotatable bonds is 3. The minimum Gasteiger partial charge on any atom is -0.491 e. The van der Waals surface area contributed by atoms with Crippen molar-refractivity contribution in [2.75, 3.05) is 6.61 Å². The fraction of sp³-hybridized carbons (Fsp3) is 0.538. The molecule has 0 N–H and O–H groups in total. The molecular formula is C13H17NO3. The summed E-state index contributed by atoms with van der Waals surface area (Å²) in [5.74, 6) is -0.592. The molecule has 4 heteroatoms. The summed E-state index contributed by atoms with van der Waals surface area (Å²) in [6.45, 7) is 5.80. The van der Waals surface area contributed by atoms with Gasteiger partial charge in [0.2, 0.25) is 0 Å². The summed E-state index contributed by atoms with van der Waals surface area (Å²) in [6.07, 6.45) is 4.88. The van der Waals surface area contributed by atoms with Crippen LogP contribution in [0.4, 0.5) is 0 Å². The quantitative estimate of drug-likeness (QED) is 0.428. The largest absolute Gasteiger partial charge is 0.491 e. The Morgan fingerprint density at radius 3 is 2.94 bits per heavy atom. The maximum atomic E-state index is 11.5. The third-order valence-corrected chi connectivity index (χ3v) is 2.61. The molecule has 1 heterocycles. The van der Waals surface area contributed by atoms with Gasteiger partial charge < -0.3 is 9.47 Å². The van der Waals surface area contributed by atoms with E-state index in [-0.39, 0.29) is 12.2 Å². The molecule has 17 heavy (non-hydrogen) atoms. The Morgan fingerprint density at radius 1 is 1.76 bits per heavy atom. The van der Waals surface area contributed by atoms with Gasteiger partial charge in [-0.25, -0.2) is 4.79 Å². The van der Waals surface area contributed by atoms with Crippen molar-refractivity contribution < 1.29 is 14.3 Å². The fourth-order valence-corrected chi connectivity index (χ4v) is 1.56. The van der Waals surface area contributed by atoms with Gasteiger partial charge >= 0.3 is 5.97 Å². The molecule has 0 spiro atoms. The van der Waals surface area contributed by atoms with Crippen molar-refractivity contribution in [1.82, 2.24) is 0 Å². The molecule has 0 aromatic carbocycles. The first-order valence-corrected chi connectivity index (χ1v) is 5.64. The van der Waals surface area contributed by atoms with Crippen LogP contribution >= 0.6 is 0 Å². The van der Waals surface area contributed by atoms with E-state index >= 15 is 0 Å². The molecule has 0 aromatic heterocycles. The Balaban J connectivity index is 2.85. The number of hydrogen-bond acceptors (Lipinski definition) is 4. The van der Waals surface area contributed by atoms with Crippen molar-refractivity contribution in [3.8, 4) is 6.07 Å². The standard InChI is InChI=1S/C13H17NO3/c1-4-16-12(15)11(8-14)7-13(3)6-5-10(2)9-17-13/h7,9H,4-6H2,1-3H3/b11-7-/t13-/m0/s1. The molecule has 0 fully saturated rings. The summed E-state index contributed by atoms with van der Waals surface area (Å²) in [7, 11) is 0. The number of esters is 1. The van der Waals surface area contributed by atoms with Crippen molar-refractivity contribution >= 4 is 5.97 Å². The van der Waals surface area contributed by atoms with Gasteiger partial charge in [0, 0.05) is 0 Å². The maximum Gasteiger partial charge on any atom is 0.348 e. The SMILES string of the molecule is CCOC(=O)/C(C#N)=C\[C@]1(C)CCC(C)=CO1. The second kappa shape index (κ2) is 5.53. The van der Waals surface area contributed by atoms with Crippen molar-refractivity contribution in [3.63, 3.8) is 0 Å². The molecule has 0 aromatic rings. The van der Waals surface area contributed by atoms with Crippen LogP contribution in [-0.4, -0.2) is 18.2 Å². The summed E-state index contributed by atoms with van der Waals surface area (Å²) in [6, 6.07) is 1.86. The van der Waals surface area contributed by atoms with E-state index in [0.717, 1.165) is 18.4 Å². The molecule has 0 saturated carbocycles. The first-order chi connectivity index (χ1) is 8.00. The van der Waals surface area contributed by atoms with Crippen LogP contribution in [0.3, 0.4) is 0 Å². The van der Waals surface area contributed by atoms with Gasteiger partial charge in [0.05, 0.1) is 12.9 Å². The second-order valence-corrected chi connectivity index (χ2v) is 4.29. The van der Waals surface area contributed by atoms with E-state index in [1.807, 2.05) is 19.9 Å². The molecule has 0 unspecified atom stereocenters. The predicted octanol–water partition coefficient (Wildman–Crippen LogP) is 2.47. The Kier molecular flexibility index (Phi) is 4.33. The van der Waals surface area contributed by atoms with Crippen LogP contribution < -0.4 is 0 Å². The lowest BCUT2D eigenvalue weighted by molar-refractivity contribution is -0.138. The van der Waals surface area contributed by atoms with Crippen LogP contribution in [0.1, 0.15) is 33.6 Å². The van der Waals surface area contributed by atoms with Gasteiger partial charge in [0.25, 0.3) is 0 Å². The molecule has 0 amide bonds. The van der Waals surface area contributed by atoms with Gasteiger partial charge in [-0.15, -0.1) is 0 Å². The average molecular weight is 235 g/mol. The number of ether oxygens (including phenoxy) is 2. The van der Waals surface area contributed by atoms with E-state index in [9.17, 15) is 4.79 Å². The van der Waals surface area contributed by atoms with Gasteiger partial charge in [-0.3, -0.25) is 0 Å². The monoisotopic (exact) mass is 235 g/mol. The molecule has 0 radical (unpaired) electrons. The number of carbonyl (C=O) groups excluding carboxylic acids is 1. The van der Waals surface area contributed by atoms with Crippen LogP contribution in [0, 0.1) is 11.3 Å². The Morgan fingerprint density at radius 2 is 2.47 bits per heavy atom. The molecule has 92 valence electrons. The summed E-state index contributed by atoms with van der Waals surface area (Å²) >= 11 is 0. The second-order valence-electron chi connectivity index (χ2n) is 4.29. The topological polar surface area (TPSA) is 59.3 Å². The smallest absolute Gasteiger partial charge is 0.348 e. The number of nitriles is 1. The molecule has 0 bridgehead atoms. The van der Waals surface area contributed by atoms with Gasteiger partial charge in [-0.05, 0) is 45.3 Å². The molecule has 0 aliphatic carbocycles. The van der Waals surface area contributed by atoms with Crippen LogP contribution in [-0.2, 0) is 14.3 Å². The lowest BCUT2D eigenvalue weighted by atomic mass is 9.93. The van der Waals surface area contributed by atoms with Gasteiger partial charge in [-0.2, -0.15) is 5.26 Å². The van der Waals surface area contributed by atoms with E-state index in [2.05, 4.69) is 0 Å². The van der Waals surface area contributed by atoms with Gasteiger partial charge in [-0.1, -0.05) is 0 Å².